The Hall–Kier alpha value is -1.28. The molecule has 1 aromatic carbocycles. The zero-order valence-electron chi connectivity index (χ0n) is 16.3. The van der Waals surface area contributed by atoms with Crippen LogP contribution in [0.4, 0.5) is 0 Å². The molecule has 0 saturated carbocycles. The van der Waals surface area contributed by atoms with Gasteiger partial charge in [0.1, 0.15) is 0 Å². The van der Waals surface area contributed by atoms with E-state index in [1.54, 1.807) is 0 Å². The molecule has 152 valence electrons. The Morgan fingerprint density at radius 1 is 1.04 bits per heavy atom. The SMILES string of the molecule is O=C1CCC(N2Cc3ccc(CN4CCN(CCCBr)CC4)cc3C2)C(=O)N1. The van der Waals surface area contributed by atoms with Crippen molar-refractivity contribution in [3.8, 4) is 0 Å². The molecule has 1 N–H and O–H groups in total. The number of amides is 2. The fourth-order valence-electron chi connectivity index (χ4n) is 4.54. The first-order valence-electron chi connectivity index (χ1n) is 10.3. The summed E-state index contributed by atoms with van der Waals surface area (Å²) in [6.07, 6.45) is 2.29. The first-order valence-corrected chi connectivity index (χ1v) is 11.4. The molecule has 2 fully saturated rings. The molecule has 0 aromatic heterocycles. The molecule has 1 unspecified atom stereocenters. The maximum Gasteiger partial charge on any atom is 0.243 e. The van der Waals surface area contributed by atoms with Crippen LogP contribution in [0.5, 0.6) is 0 Å². The molecule has 4 rings (SSSR count). The number of hydrogen-bond acceptors (Lipinski definition) is 5. The Labute approximate surface area is 175 Å². The third-order valence-corrected chi connectivity index (χ3v) is 6.71. The predicted molar refractivity (Wildman–Crippen MR) is 112 cm³/mol. The van der Waals surface area contributed by atoms with Crippen molar-refractivity contribution in [3.63, 3.8) is 0 Å². The molecule has 0 bridgehead atoms. The number of nitrogens with zero attached hydrogens (tertiary/aromatic N) is 3. The predicted octanol–water partition coefficient (Wildman–Crippen LogP) is 1.71. The number of benzene rings is 1. The Morgan fingerprint density at radius 2 is 1.79 bits per heavy atom. The number of alkyl halides is 1. The number of carbonyl (C=O) groups is 2. The Morgan fingerprint density at radius 3 is 2.54 bits per heavy atom. The van der Waals surface area contributed by atoms with Gasteiger partial charge < -0.3 is 4.90 Å². The van der Waals surface area contributed by atoms with E-state index < -0.39 is 0 Å². The van der Waals surface area contributed by atoms with Gasteiger partial charge in [-0.2, -0.15) is 0 Å². The van der Waals surface area contributed by atoms with Gasteiger partial charge in [0.2, 0.25) is 11.8 Å². The Balaban J connectivity index is 1.32. The van der Waals surface area contributed by atoms with Gasteiger partial charge in [-0.3, -0.25) is 24.7 Å². The molecule has 2 amide bonds. The monoisotopic (exact) mass is 448 g/mol. The van der Waals surface area contributed by atoms with Crippen molar-refractivity contribution in [3.05, 3.63) is 34.9 Å². The van der Waals surface area contributed by atoms with Gasteiger partial charge >= 0.3 is 0 Å². The highest BCUT2D eigenvalue weighted by atomic mass is 79.9. The summed E-state index contributed by atoms with van der Waals surface area (Å²) in [5.74, 6) is -0.283. The van der Waals surface area contributed by atoms with Crippen LogP contribution in [0.3, 0.4) is 0 Å². The van der Waals surface area contributed by atoms with Crippen molar-refractivity contribution in [1.82, 2.24) is 20.0 Å². The van der Waals surface area contributed by atoms with Crippen LogP contribution in [0, 0.1) is 0 Å². The summed E-state index contributed by atoms with van der Waals surface area (Å²) in [4.78, 5) is 30.9. The van der Waals surface area contributed by atoms with E-state index in [1.807, 2.05) is 0 Å². The molecule has 7 heteroatoms. The van der Waals surface area contributed by atoms with Gasteiger partial charge in [0.15, 0.2) is 0 Å². The van der Waals surface area contributed by atoms with Crippen LogP contribution in [-0.4, -0.2) is 70.6 Å². The lowest BCUT2D eigenvalue weighted by atomic mass is 10.0. The summed E-state index contributed by atoms with van der Waals surface area (Å²) < 4.78 is 0. The van der Waals surface area contributed by atoms with Crippen LogP contribution in [0.1, 0.15) is 36.0 Å². The standard InChI is InChI=1S/C21H29BrN4O2/c22-6-1-7-24-8-10-25(11-9-24)13-16-2-3-17-14-26(15-18(17)12-16)19-4-5-20(27)23-21(19)28/h2-3,12,19H,1,4-11,13-15H2,(H,23,27,28). The highest BCUT2D eigenvalue weighted by Gasteiger charge is 2.34. The van der Waals surface area contributed by atoms with Gasteiger partial charge in [-0.05, 0) is 36.1 Å². The molecule has 0 radical (unpaired) electrons. The van der Waals surface area contributed by atoms with Crippen molar-refractivity contribution in [2.75, 3.05) is 38.1 Å². The maximum atomic E-state index is 12.2. The smallest absolute Gasteiger partial charge is 0.243 e. The molecule has 0 aliphatic carbocycles. The quantitative estimate of drug-likeness (QED) is 0.530. The minimum absolute atomic E-state index is 0.137. The summed E-state index contributed by atoms with van der Waals surface area (Å²) in [5, 5.41) is 3.56. The van der Waals surface area contributed by atoms with Gasteiger partial charge in [-0.1, -0.05) is 34.1 Å². The molecule has 1 aromatic rings. The molecule has 3 heterocycles. The number of hydrogen-bond donors (Lipinski definition) is 1. The van der Waals surface area contributed by atoms with Gasteiger partial charge in [0.25, 0.3) is 0 Å². The average Bonchev–Trinajstić information content (AvgIpc) is 3.10. The topological polar surface area (TPSA) is 55.9 Å². The number of carbonyl (C=O) groups excluding carboxylic acids is 2. The minimum atomic E-state index is -0.179. The Bertz CT molecular complexity index is 733. The molecule has 3 aliphatic rings. The molecular formula is C21H29BrN4O2. The number of piperidine rings is 1. The third-order valence-electron chi connectivity index (χ3n) is 6.15. The van der Waals surface area contributed by atoms with Gasteiger partial charge in [-0.25, -0.2) is 0 Å². The minimum Gasteiger partial charge on any atom is -0.301 e. The third kappa shape index (κ3) is 4.64. The van der Waals surface area contributed by atoms with E-state index in [0.29, 0.717) is 12.8 Å². The molecule has 2 saturated heterocycles. The highest BCUT2D eigenvalue weighted by Crippen LogP contribution is 2.28. The van der Waals surface area contributed by atoms with Crippen LogP contribution in [0.25, 0.3) is 0 Å². The molecule has 0 spiro atoms. The lowest BCUT2D eigenvalue weighted by Crippen LogP contribution is -2.50. The van der Waals surface area contributed by atoms with Crippen molar-refractivity contribution >= 4 is 27.7 Å². The second kappa shape index (κ2) is 9.03. The van der Waals surface area contributed by atoms with Crippen LogP contribution in [0.15, 0.2) is 18.2 Å². The van der Waals surface area contributed by atoms with E-state index in [2.05, 4.69) is 54.1 Å². The highest BCUT2D eigenvalue weighted by molar-refractivity contribution is 9.09. The second-order valence-corrected chi connectivity index (χ2v) is 8.93. The van der Waals surface area contributed by atoms with Crippen LogP contribution >= 0.6 is 15.9 Å². The number of rotatable bonds is 6. The summed E-state index contributed by atoms with van der Waals surface area (Å²) in [7, 11) is 0. The summed E-state index contributed by atoms with van der Waals surface area (Å²) in [6.45, 7) is 8.35. The van der Waals surface area contributed by atoms with Crippen molar-refractivity contribution in [2.24, 2.45) is 0 Å². The zero-order chi connectivity index (χ0) is 19.5. The van der Waals surface area contributed by atoms with E-state index in [4.69, 9.17) is 0 Å². The van der Waals surface area contributed by atoms with Crippen molar-refractivity contribution in [2.45, 2.75) is 44.9 Å². The van der Waals surface area contributed by atoms with Gasteiger partial charge in [0.05, 0.1) is 6.04 Å². The molecular weight excluding hydrogens is 420 g/mol. The van der Waals surface area contributed by atoms with Crippen LogP contribution < -0.4 is 5.32 Å². The van der Waals surface area contributed by atoms with E-state index in [-0.39, 0.29) is 17.9 Å². The van der Waals surface area contributed by atoms with E-state index >= 15 is 0 Å². The average molecular weight is 449 g/mol. The van der Waals surface area contributed by atoms with E-state index in [0.717, 1.165) is 51.1 Å². The number of nitrogens with one attached hydrogen (secondary N) is 1. The van der Waals surface area contributed by atoms with Crippen molar-refractivity contribution < 1.29 is 9.59 Å². The Kier molecular flexibility index (Phi) is 6.45. The fourth-order valence-corrected chi connectivity index (χ4v) is 4.79. The lowest BCUT2D eigenvalue weighted by molar-refractivity contribution is -0.137. The number of piperazine rings is 1. The molecule has 6 nitrogen and oxygen atoms in total. The van der Waals surface area contributed by atoms with Crippen LogP contribution in [0.2, 0.25) is 0 Å². The zero-order valence-corrected chi connectivity index (χ0v) is 17.9. The largest absolute Gasteiger partial charge is 0.301 e. The summed E-state index contributed by atoms with van der Waals surface area (Å²) in [5.41, 5.74) is 4.00. The number of halogens is 1. The van der Waals surface area contributed by atoms with Gasteiger partial charge in [0, 0.05) is 57.6 Å². The van der Waals surface area contributed by atoms with Crippen molar-refractivity contribution in [1.29, 1.82) is 0 Å². The second-order valence-electron chi connectivity index (χ2n) is 8.14. The lowest BCUT2D eigenvalue weighted by Gasteiger charge is -2.34. The molecule has 3 aliphatic heterocycles. The fraction of sp³-hybridized carbons (Fsp3) is 0.619. The first-order chi connectivity index (χ1) is 13.6. The summed E-state index contributed by atoms with van der Waals surface area (Å²) >= 11 is 3.51. The number of fused-ring (bicyclic) bond motifs is 1. The normalized spacial score (nSPS) is 24.4. The van der Waals surface area contributed by atoms with Gasteiger partial charge in [-0.15, -0.1) is 0 Å². The maximum absolute atomic E-state index is 12.2. The van der Waals surface area contributed by atoms with Crippen LogP contribution in [-0.2, 0) is 29.2 Å². The molecule has 1 atom stereocenters. The summed E-state index contributed by atoms with van der Waals surface area (Å²) in [6, 6.07) is 6.60. The van der Waals surface area contributed by atoms with E-state index in [1.165, 1.54) is 29.7 Å². The molecule has 28 heavy (non-hydrogen) atoms. The van der Waals surface area contributed by atoms with E-state index in [9.17, 15) is 9.59 Å². The number of imide groups is 1. The first kappa shape index (κ1) is 20.0.